The van der Waals surface area contributed by atoms with Crippen LogP contribution < -0.4 is 11.1 Å². The van der Waals surface area contributed by atoms with Gasteiger partial charge >= 0.3 is 0 Å². The number of carbonyl (C=O) groups is 1. The summed E-state index contributed by atoms with van der Waals surface area (Å²) in [6, 6.07) is 17.5. The number of para-hydroxylation sites is 1. The first-order chi connectivity index (χ1) is 11.2. The number of anilines is 1. The maximum Gasteiger partial charge on any atom is 0.253 e. The van der Waals surface area contributed by atoms with Crippen LogP contribution in [0.3, 0.4) is 0 Å². The molecular weight excluding hydrogens is 324 g/mol. The summed E-state index contributed by atoms with van der Waals surface area (Å²) in [5, 5.41) is 3.07. The molecule has 2 aromatic rings. The van der Waals surface area contributed by atoms with Gasteiger partial charge in [0.15, 0.2) is 0 Å². The van der Waals surface area contributed by atoms with E-state index in [9.17, 15) is 4.79 Å². The lowest BCUT2D eigenvalue weighted by atomic mass is 9.74. The zero-order valence-electron chi connectivity index (χ0n) is 13.5. The van der Waals surface area contributed by atoms with Crippen LogP contribution >= 0.6 is 12.4 Å². The normalized spacial score (nSPS) is 16.0. The summed E-state index contributed by atoms with van der Waals surface area (Å²) in [4.78, 5) is 12.5. The van der Waals surface area contributed by atoms with Crippen LogP contribution in [0, 0.1) is 0 Å². The molecule has 1 aliphatic rings. The Morgan fingerprint density at radius 2 is 1.67 bits per heavy atom. The van der Waals surface area contributed by atoms with Gasteiger partial charge in [0.05, 0.1) is 5.56 Å². The standard InChI is InChI=1S/C19H22N2O2.ClH/c20-17-9-5-4-8-16(17)18(22)21-14-19(10-12-23-13-11-19)15-6-2-1-3-7-15;/h1-9H,10-14,20H2,(H,21,22);1H. The molecule has 1 heterocycles. The Bertz CT molecular complexity index is 670. The van der Waals surface area contributed by atoms with Crippen molar-refractivity contribution in [3.8, 4) is 0 Å². The number of benzene rings is 2. The van der Waals surface area contributed by atoms with Gasteiger partial charge in [0.2, 0.25) is 0 Å². The van der Waals surface area contributed by atoms with Crippen LogP contribution in [-0.2, 0) is 10.2 Å². The van der Waals surface area contributed by atoms with E-state index in [-0.39, 0.29) is 23.7 Å². The van der Waals surface area contributed by atoms with E-state index in [1.165, 1.54) is 5.56 Å². The average molecular weight is 347 g/mol. The van der Waals surface area contributed by atoms with Crippen molar-refractivity contribution in [2.75, 3.05) is 25.5 Å². The van der Waals surface area contributed by atoms with Crippen LogP contribution in [0.15, 0.2) is 54.6 Å². The van der Waals surface area contributed by atoms with Crippen LogP contribution in [0.5, 0.6) is 0 Å². The van der Waals surface area contributed by atoms with Crippen LogP contribution in [0.4, 0.5) is 5.69 Å². The van der Waals surface area contributed by atoms with Crippen LogP contribution in [-0.4, -0.2) is 25.7 Å². The fraction of sp³-hybridized carbons (Fsp3) is 0.316. The molecule has 128 valence electrons. The average Bonchev–Trinajstić information content (AvgIpc) is 2.62. The number of carbonyl (C=O) groups excluding carboxylic acids is 1. The topological polar surface area (TPSA) is 64.4 Å². The molecule has 0 saturated carbocycles. The van der Waals surface area contributed by atoms with Crippen LogP contribution in [0.2, 0.25) is 0 Å². The Labute approximate surface area is 148 Å². The zero-order chi connectivity index (χ0) is 16.1. The lowest BCUT2D eigenvalue weighted by molar-refractivity contribution is 0.0487. The highest BCUT2D eigenvalue weighted by Crippen LogP contribution is 2.34. The highest BCUT2D eigenvalue weighted by molar-refractivity contribution is 5.99. The summed E-state index contributed by atoms with van der Waals surface area (Å²) in [6.07, 6.45) is 1.81. The molecule has 0 aromatic heterocycles. The summed E-state index contributed by atoms with van der Waals surface area (Å²) in [6.45, 7) is 2.03. The first-order valence-corrected chi connectivity index (χ1v) is 7.97. The van der Waals surface area contributed by atoms with Gasteiger partial charge in [0.1, 0.15) is 0 Å². The molecule has 1 fully saturated rings. The minimum absolute atomic E-state index is 0. The largest absolute Gasteiger partial charge is 0.398 e. The number of rotatable bonds is 4. The zero-order valence-corrected chi connectivity index (χ0v) is 14.4. The van der Waals surface area contributed by atoms with Gasteiger partial charge in [-0.05, 0) is 30.5 Å². The Balaban J connectivity index is 0.00000208. The van der Waals surface area contributed by atoms with Crippen molar-refractivity contribution in [2.45, 2.75) is 18.3 Å². The third-order valence-corrected chi connectivity index (χ3v) is 4.63. The van der Waals surface area contributed by atoms with Crippen molar-refractivity contribution in [1.29, 1.82) is 0 Å². The second kappa shape index (κ2) is 8.18. The third kappa shape index (κ3) is 3.89. The maximum atomic E-state index is 12.5. The van der Waals surface area contributed by atoms with Gasteiger partial charge < -0.3 is 15.8 Å². The lowest BCUT2D eigenvalue weighted by Gasteiger charge is -2.38. The number of ether oxygens (including phenoxy) is 1. The molecule has 0 aliphatic carbocycles. The fourth-order valence-corrected chi connectivity index (χ4v) is 3.17. The van der Waals surface area contributed by atoms with Gasteiger partial charge in [-0.2, -0.15) is 0 Å². The van der Waals surface area contributed by atoms with Gasteiger partial charge in [-0.15, -0.1) is 12.4 Å². The quantitative estimate of drug-likeness (QED) is 0.836. The molecule has 0 spiro atoms. The van der Waals surface area contributed by atoms with E-state index in [0.717, 1.165) is 26.1 Å². The Hall–Kier alpha value is -2.04. The maximum absolute atomic E-state index is 12.5. The van der Waals surface area contributed by atoms with Crippen molar-refractivity contribution in [3.63, 3.8) is 0 Å². The van der Waals surface area contributed by atoms with Gasteiger partial charge in [-0.3, -0.25) is 4.79 Å². The number of nitrogens with two attached hydrogens (primary N) is 1. The highest BCUT2D eigenvalue weighted by Gasteiger charge is 2.34. The number of halogens is 1. The molecule has 3 N–H and O–H groups in total. The summed E-state index contributed by atoms with van der Waals surface area (Å²) in [7, 11) is 0. The number of amides is 1. The van der Waals surface area contributed by atoms with Crippen molar-refractivity contribution in [2.24, 2.45) is 0 Å². The van der Waals surface area contributed by atoms with Crippen LogP contribution in [0.1, 0.15) is 28.8 Å². The third-order valence-electron chi connectivity index (χ3n) is 4.63. The molecule has 3 rings (SSSR count). The lowest BCUT2D eigenvalue weighted by Crippen LogP contribution is -2.44. The molecular formula is C19H23ClN2O2. The highest BCUT2D eigenvalue weighted by atomic mass is 35.5. The molecule has 5 heteroatoms. The van der Waals surface area contributed by atoms with Gasteiger partial charge in [-0.1, -0.05) is 42.5 Å². The summed E-state index contributed by atoms with van der Waals surface area (Å²) >= 11 is 0. The molecule has 1 aliphatic heterocycles. The molecule has 4 nitrogen and oxygen atoms in total. The minimum atomic E-state index is -0.120. The van der Waals surface area contributed by atoms with Gasteiger partial charge in [0, 0.05) is 30.9 Å². The predicted octanol–water partition coefficient (Wildman–Crippen LogP) is 3.17. The van der Waals surface area contributed by atoms with Crippen molar-refractivity contribution in [1.82, 2.24) is 5.32 Å². The number of hydrogen-bond acceptors (Lipinski definition) is 3. The molecule has 0 radical (unpaired) electrons. The SMILES string of the molecule is Cl.Nc1ccccc1C(=O)NCC1(c2ccccc2)CCOCC1. The predicted molar refractivity (Wildman–Crippen MR) is 98.6 cm³/mol. The van der Waals surface area contributed by atoms with E-state index in [1.807, 2.05) is 30.3 Å². The molecule has 0 bridgehead atoms. The summed E-state index contributed by atoms with van der Waals surface area (Å²) in [5.74, 6) is -0.120. The van der Waals surface area contributed by atoms with Crippen molar-refractivity contribution in [3.05, 3.63) is 65.7 Å². The Morgan fingerprint density at radius 1 is 1.04 bits per heavy atom. The first kappa shape index (κ1) is 18.3. The molecule has 24 heavy (non-hydrogen) atoms. The molecule has 1 saturated heterocycles. The summed E-state index contributed by atoms with van der Waals surface area (Å²) in [5.41, 5.74) is 8.11. The molecule has 2 aromatic carbocycles. The van der Waals surface area contributed by atoms with E-state index in [1.54, 1.807) is 12.1 Å². The number of nitrogen functional groups attached to an aromatic ring is 1. The molecule has 0 unspecified atom stereocenters. The summed E-state index contributed by atoms with van der Waals surface area (Å²) < 4.78 is 5.52. The fourth-order valence-electron chi connectivity index (χ4n) is 3.17. The Kier molecular flexibility index (Phi) is 6.23. The second-order valence-corrected chi connectivity index (χ2v) is 6.03. The van der Waals surface area contributed by atoms with E-state index in [0.29, 0.717) is 17.8 Å². The monoisotopic (exact) mass is 346 g/mol. The molecule has 0 atom stereocenters. The van der Waals surface area contributed by atoms with Crippen LogP contribution in [0.25, 0.3) is 0 Å². The van der Waals surface area contributed by atoms with Crippen molar-refractivity contribution >= 4 is 24.0 Å². The number of hydrogen-bond donors (Lipinski definition) is 2. The van der Waals surface area contributed by atoms with Gasteiger partial charge in [-0.25, -0.2) is 0 Å². The van der Waals surface area contributed by atoms with E-state index >= 15 is 0 Å². The van der Waals surface area contributed by atoms with Crippen molar-refractivity contribution < 1.29 is 9.53 Å². The van der Waals surface area contributed by atoms with E-state index < -0.39 is 0 Å². The first-order valence-electron chi connectivity index (χ1n) is 7.97. The number of nitrogens with one attached hydrogen (secondary N) is 1. The smallest absolute Gasteiger partial charge is 0.253 e. The molecule has 1 amide bonds. The Morgan fingerprint density at radius 3 is 2.33 bits per heavy atom. The minimum Gasteiger partial charge on any atom is -0.398 e. The van der Waals surface area contributed by atoms with E-state index in [4.69, 9.17) is 10.5 Å². The van der Waals surface area contributed by atoms with Gasteiger partial charge in [0.25, 0.3) is 5.91 Å². The van der Waals surface area contributed by atoms with E-state index in [2.05, 4.69) is 17.4 Å². The second-order valence-electron chi connectivity index (χ2n) is 6.03.